The van der Waals surface area contributed by atoms with Gasteiger partial charge in [0.1, 0.15) is 0 Å². The molecule has 0 radical (unpaired) electrons. The monoisotopic (exact) mass is 273 g/mol. The number of sulfonamides is 1. The Balaban J connectivity index is 3.37. The van der Waals surface area contributed by atoms with Crippen LogP contribution in [0.3, 0.4) is 0 Å². The van der Waals surface area contributed by atoms with E-state index >= 15 is 0 Å². The van der Waals surface area contributed by atoms with Gasteiger partial charge < -0.3 is 5.32 Å². The lowest BCUT2D eigenvalue weighted by atomic mass is 10.2. The lowest BCUT2D eigenvalue weighted by molar-refractivity contribution is -0.387. The zero-order valence-electron chi connectivity index (χ0n) is 9.41. The zero-order chi connectivity index (χ0) is 13.9. The van der Waals surface area contributed by atoms with Crippen molar-refractivity contribution in [3.05, 3.63) is 33.9 Å². The Morgan fingerprint density at radius 2 is 2.11 bits per heavy atom. The molecule has 1 aromatic rings. The summed E-state index contributed by atoms with van der Waals surface area (Å²) in [5.74, 6) is -0.526. The maximum Gasteiger partial charge on any atom is 0.290 e. The third-order valence-electron chi connectivity index (χ3n) is 2.06. The minimum absolute atomic E-state index is 0.00375. The number of nitrogens with two attached hydrogens (primary N) is 1. The number of benzene rings is 1. The average molecular weight is 273 g/mol. The molecule has 8 nitrogen and oxygen atoms in total. The van der Waals surface area contributed by atoms with Gasteiger partial charge in [0, 0.05) is 18.2 Å². The van der Waals surface area contributed by atoms with E-state index < -0.39 is 31.4 Å². The lowest BCUT2D eigenvalue weighted by Gasteiger charge is -2.04. The van der Waals surface area contributed by atoms with E-state index in [0.717, 1.165) is 18.2 Å². The van der Waals surface area contributed by atoms with Gasteiger partial charge in [-0.1, -0.05) is 0 Å². The number of hydrogen-bond acceptors (Lipinski definition) is 5. The van der Waals surface area contributed by atoms with Gasteiger partial charge in [0.25, 0.3) is 11.6 Å². The van der Waals surface area contributed by atoms with Crippen molar-refractivity contribution >= 4 is 21.6 Å². The summed E-state index contributed by atoms with van der Waals surface area (Å²) in [6.45, 7) is 2.04. The molecule has 0 spiro atoms. The molecule has 0 atom stereocenters. The molecule has 9 heteroatoms. The van der Waals surface area contributed by atoms with Gasteiger partial charge in [0.2, 0.25) is 10.0 Å². The van der Waals surface area contributed by atoms with Crippen LogP contribution < -0.4 is 10.5 Å². The van der Waals surface area contributed by atoms with Crippen molar-refractivity contribution in [2.45, 2.75) is 11.8 Å². The fourth-order valence-corrected chi connectivity index (χ4v) is 1.99. The third kappa shape index (κ3) is 3.02. The van der Waals surface area contributed by atoms with E-state index in [2.05, 4.69) is 5.32 Å². The smallest absolute Gasteiger partial charge is 0.290 e. The topological polar surface area (TPSA) is 132 Å². The second-order valence-corrected chi connectivity index (χ2v) is 4.87. The molecule has 1 amide bonds. The minimum atomic E-state index is -4.21. The second-order valence-electron chi connectivity index (χ2n) is 3.34. The number of nitrogens with zero attached hydrogens (tertiary/aromatic N) is 1. The molecule has 0 aromatic heterocycles. The fourth-order valence-electron chi connectivity index (χ4n) is 1.30. The van der Waals surface area contributed by atoms with Crippen molar-refractivity contribution in [3.8, 4) is 0 Å². The Morgan fingerprint density at radius 3 is 2.56 bits per heavy atom. The Morgan fingerprint density at radius 1 is 1.50 bits per heavy atom. The largest absolute Gasteiger partial charge is 0.352 e. The Labute approximate surface area is 103 Å². The van der Waals surface area contributed by atoms with E-state index in [1.54, 1.807) is 6.92 Å². The molecular formula is C9H11N3O5S. The number of carbonyl (C=O) groups is 1. The molecular weight excluding hydrogens is 262 g/mol. The van der Waals surface area contributed by atoms with Crippen LogP contribution >= 0.6 is 0 Å². The van der Waals surface area contributed by atoms with Crippen LogP contribution in [-0.2, 0) is 10.0 Å². The summed E-state index contributed by atoms with van der Waals surface area (Å²) in [4.78, 5) is 20.7. The normalized spacial score (nSPS) is 11.0. The highest BCUT2D eigenvalue weighted by Crippen LogP contribution is 2.23. The predicted octanol–water partition coefficient (Wildman–Crippen LogP) is -0.00810. The molecule has 18 heavy (non-hydrogen) atoms. The van der Waals surface area contributed by atoms with Crippen molar-refractivity contribution in [1.82, 2.24) is 5.32 Å². The van der Waals surface area contributed by atoms with Crippen molar-refractivity contribution in [2.24, 2.45) is 5.14 Å². The first-order valence-electron chi connectivity index (χ1n) is 4.86. The highest BCUT2D eigenvalue weighted by Gasteiger charge is 2.24. The van der Waals surface area contributed by atoms with E-state index in [9.17, 15) is 23.3 Å². The standard InChI is InChI=1S/C9H11N3O5S/c1-2-11-9(13)6-3-4-8(18(10,16)17)7(5-6)12(14)15/h3-5H,2H2,1H3,(H,11,13)(H2,10,16,17). The molecule has 0 aliphatic heterocycles. The van der Waals surface area contributed by atoms with E-state index in [1.165, 1.54) is 0 Å². The van der Waals surface area contributed by atoms with E-state index in [-0.39, 0.29) is 5.56 Å². The number of amides is 1. The minimum Gasteiger partial charge on any atom is -0.352 e. The molecule has 0 fully saturated rings. The van der Waals surface area contributed by atoms with Crippen LogP contribution in [0.4, 0.5) is 5.69 Å². The summed E-state index contributed by atoms with van der Waals surface area (Å²) in [6, 6.07) is 2.99. The van der Waals surface area contributed by atoms with E-state index in [4.69, 9.17) is 5.14 Å². The second kappa shape index (κ2) is 5.10. The molecule has 1 aromatic carbocycles. The Bertz CT molecular complexity index is 596. The van der Waals surface area contributed by atoms with Gasteiger partial charge in [-0.15, -0.1) is 0 Å². The molecule has 0 aliphatic rings. The summed E-state index contributed by atoms with van der Waals surface area (Å²) in [5.41, 5.74) is -0.725. The molecule has 0 bridgehead atoms. The molecule has 0 unspecified atom stereocenters. The molecule has 0 saturated heterocycles. The molecule has 98 valence electrons. The van der Waals surface area contributed by atoms with Crippen LogP contribution in [0.1, 0.15) is 17.3 Å². The van der Waals surface area contributed by atoms with Crippen LogP contribution in [0.25, 0.3) is 0 Å². The van der Waals surface area contributed by atoms with Crippen LogP contribution in [0.5, 0.6) is 0 Å². The van der Waals surface area contributed by atoms with Gasteiger partial charge in [-0.3, -0.25) is 14.9 Å². The lowest BCUT2D eigenvalue weighted by Crippen LogP contribution is -2.23. The summed E-state index contributed by atoms with van der Waals surface area (Å²) in [7, 11) is -4.21. The van der Waals surface area contributed by atoms with Gasteiger partial charge in [-0.25, -0.2) is 13.6 Å². The summed E-state index contributed by atoms with van der Waals surface area (Å²) in [5, 5.41) is 18.0. The van der Waals surface area contributed by atoms with Crippen molar-refractivity contribution in [1.29, 1.82) is 0 Å². The maximum absolute atomic E-state index is 11.5. The van der Waals surface area contributed by atoms with Gasteiger partial charge in [-0.05, 0) is 19.1 Å². The van der Waals surface area contributed by atoms with E-state index in [0.29, 0.717) is 6.54 Å². The maximum atomic E-state index is 11.5. The van der Waals surface area contributed by atoms with Crippen LogP contribution in [0, 0.1) is 10.1 Å². The van der Waals surface area contributed by atoms with Crippen molar-refractivity contribution in [2.75, 3.05) is 6.54 Å². The highest BCUT2D eigenvalue weighted by atomic mass is 32.2. The predicted molar refractivity (Wildman–Crippen MR) is 62.5 cm³/mol. The Kier molecular flexibility index (Phi) is 3.99. The zero-order valence-corrected chi connectivity index (χ0v) is 10.2. The van der Waals surface area contributed by atoms with Gasteiger partial charge in [-0.2, -0.15) is 0 Å². The van der Waals surface area contributed by atoms with E-state index in [1.807, 2.05) is 0 Å². The van der Waals surface area contributed by atoms with Gasteiger partial charge in [0.15, 0.2) is 4.90 Å². The first kappa shape index (κ1) is 14.1. The number of nitro benzene ring substituents is 1. The SMILES string of the molecule is CCNC(=O)c1ccc(S(N)(=O)=O)c([N+](=O)[O-])c1. The fraction of sp³-hybridized carbons (Fsp3) is 0.222. The highest BCUT2D eigenvalue weighted by molar-refractivity contribution is 7.89. The Hall–Kier alpha value is -2.00. The van der Waals surface area contributed by atoms with Crippen LogP contribution in [0.15, 0.2) is 23.1 Å². The number of primary sulfonamides is 1. The van der Waals surface area contributed by atoms with Crippen molar-refractivity contribution < 1.29 is 18.1 Å². The molecule has 3 N–H and O–H groups in total. The van der Waals surface area contributed by atoms with Crippen LogP contribution in [-0.4, -0.2) is 25.8 Å². The summed E-state index contributed by atoms with van der Waals surface area (Å²) >= 11 is 0. The number of nitrogens with one attached hydrogen (secondary N) is 1. The quantitative estimate of drug-likeness (QED) is 0.588. The first-order chi connectivity index (χ1) is 8.27. The molecule has 1 rings (SSSR count). The third-order valence-corrected chi connectivity index (χ3v) is 3.02. The molecule has 0 saturated carbocycles. The number of rotatable bonds is 4. The first-order valence-corrected chi connectivity index (χ1v) is 6.41. The molecule has 0 aliphatic carbocycles. The average Bonchev–Trinajstić information content (AvgIpc) is 2.27. The summed E-state index contributed by atoms with van der Waals surface area (Å²) < 4.78 is 22.3. The number of carbonyl (C=O) groups excluding carboxylic acids is 1. The summed E-state index contributed by atoms with van der Waals surface area (Å²) in [6.07, 6.45) is 0. The van der Waals surface area contributed by atoms with Gasteiger partial charge >= 0.3 is 0 Å². The number of nitro groups is 1. The molecule has 0 heterocycles. The van der Waals surface area contributed by atoms with Crippen molar-refractivity contribution in [3.63, 3.8) is 0 Å². The van der Waals surface area contributed by atoms with Gasteiger partial charge in [0.05, 0.1) is 4.92 Å². The van der Waals surface area contributed by atoms with Crippen LogP contribution in [0.2, 0.25) is 0 Å². The number of hydrogen-bond donors (Lipinski definition) is 2.